The lowest BCUT2D eigenvalue weighted by Crippen LogP contribution is -2.19. The number of hydrogen-bond acceptors (Lipinski definition) is 6. The Morgan fingerprint density at radius 3 is 2.78 bits per heavy atom. The fourth-order valence-corrected chi connectivity index (χ4v) is 3.83. The molecule has 0 saturated carbocycles. The molecule has 4 aromatic rings. The molecule has 27 heavy (non-hydrogen) atoms. The molecule has 0 atom stereocenters. The molecule has 1 amide bonds. The minimum Gasteiger partial charge on any atom is -0.484 e. The standard InChI is InChI=1S/C20H14N2O4S/c23-19(10-24-14-6-5-12-3-1-2-4-13(12)7-14)22-20-21-15-8-16-17(26-11-25-16)9-18(15)27-20/h1-9H,10-11H2,(H,21,22,23). The van der Waals surface area contributed by atoms with E-state index in [4.69, 9.17) is 14.2 Å². The van der Waals surface area contributed by atoms with Crippen LogP contribution in [0.1, 0.15) is 0 Å². The summed E-state index contributed by atoms with van der Waals surface area (Å²) in [6.07, 6.45) is 0. The van der Waals surface area contributed by atoms with Crippen LogP contribution in [0.3, 0.4) is 0 Å². The van der Waals surface area contributed by atoms with E-state index in [-0.39, 0.29) is 19.3 Å². The first-order valence-electron chi connectivity index (χ1n) is 8.36. The number of fused-ring (bicyclic) bond motifs is 3. The predicted octanol–water partition coefficient (Wildman–Crippen LogP) is 4.20. The fourth-order valence-electron chi connectivity index (χ4n) is 2.93. The number of carbonyl (C=O) groups excluding carboxylic acids is 1. The van der Waals surface area contributed by atoms with E-state index in [2.05, 4.69) is 10.3 Å². The van der Waals surface area contributed by atoms with Crippen LogP contribution in [-0.2, 0) is 4.79 Å². The van der Waals surface area contributed by atoms with Gasteiger partial charge in [-0.25, -0.2) is 4.98 Å². The van der Waals surface area contributed by atoms with Gasteiger partial charge in [-0.15, -0.1) is 0 Å². The highest BCUT2D eigenvalue weighted by Crippen LogP contribution is 2.38. The van der Waals surface area contributed by atoms with Gasteiger partial charge >= 0.3 is 0 Å². The smallest absolute Gasteiger partial charge is 0.264 e. The Morgan fingerprint density at radius 1 is 1.07 bits per heavy atom. The molecule has 5 rings (SSSR count). The second-order valence-corrected chi connectivity index (χ2v) is 7.07. The monoisotopic (exact) mass is 378 g/mol. The van der Waals surface area contributed by atoms with Gasteiger partial charge in [-0.2, -0.15) is 0 Å². The molecule has 1 aliphatic heterocycles. The molecule has 1 aromatic heterocycles. The van der Waals surface area contributed by atoms with Crippen LogP contribution in [0.2, 0.25) is 0 Å². The minimum absolute atomic E-state index is 0.0863. The van der Waals surface area contributed by atoms with Gasteiger partial charge in [-0.1, -0.05) is 41.7 Å². The third-order valence-corrected chi connectivity index (χ3v) is 5.15. The summed E-state index contributed by atoms with van der Waals surface area (Å²) in [4.78, 5) is 16.6. The SMILES string of the molecule is O=C(COc1ccc2ccccc2c1)Nc1nc2cc3c(cc2s1)OCO3. The fraction of sp³-hybridized carbons (Fsp3) is 0.100. The lowest BCUT2D eigenvalue weighted by atomic mass is 10.1. The van der Waals surface area contributed by atoms with Crippen LogP contribution >= 0.6 is 11.3 Å². The summed E-state index contributed by atoms with van der Waals surface area (Å²) in [5, 5.41) is 5.49. The summed E-state index contributed by atoms with van der Waals surface area (Å²) >= 11 is 1.38. The maximum absolute atomic E-state index is 12.2. The maximum Gasteiger partial charge on any atom is 0.264 e. The number of ether oxygens (including phenoxy) is 3. The third kappa shape index (κ3) is 3.13. The molecule has 7 heteroatoms. The predicted molar refractivity (Wildman–Crippen MR) is 104 cm³/mol. The second kappa shape index (κ2) is 6.44. The largest absolute Gasteiger partial charge is 0.484 e. The number of aromatic nitrogens is 1. The van der Waals surface area contributed by atoms with Gasteiger partial charge in [0.2, 0.25) is 6.79 Å². The summed E-state index contributed by atoms with van der Waals surface area (Å²) < 4.78 is 17.2. The van der Waals surface area contributed by atoms with Crippen molar-refractivity contribution < 1.29 is 19.0 Å². The van der Waals surface area contributed by atoms with Crippen molar-refractivity contribution in [3.05, 3.63) is 54.6 Å². The van der Waals surface area contributed by atoms with Crippen molar-refractivity contribution in [1.82, 2.24) is 4.98 Å². The number of benzene rings is 3. The van der Waals surface area contributed by atoms with Crippen molar-refractivity contribution in [2.45, 2.75) is 0 Å². The van der Waals surface area contributed by atoms with Crippen molar-refractivity contribution in [1.29, 1.82) is 0 Å². The number of carbonyl (C=O) groups is 1. The Bertz CT molecular complexity index is 1130. The van der Waals surface area contributed by atoms with E-state index in [0.29, 0.717) is 22.4 Å². The molecule has 0 bridgehead atoms. The van der Waals surface area contributed by atoms with Crippen molar-refractivity contribution in [2.75, 3.05) is 18.7 Å². The maximum atomic E-state index is 12.2. The zero-order chi connectivity index (χ0) is 18.2. The molecule has 134 valence electrons. The first-order valence-corrected chi connectivity index (χ1v) is 9.18. The highest BCUT2D eigenvalue weighted by Gasteiger charge is 2.17. The lowest BCUT2D eigenvalue weighted by Gasteiger charge is -2.07. The Kier molecular flexibility index (Phi) is 3.79. The Hall–Kier alpha value is -3.32. The van der Waals surface area contributed by atoms with E-state index in [1.165, 1.54) is 11.3 Å². The Morgan fingerprint density at radius 2 is 1.89 bits per heavy atom. The molecular formula is C20H14N2O4S. The summed E-state index contributed by atoms with van der Waals surface area (Å²) in [6.45, 7) is 0.138. The van der Waals surface area contributed by atoms with Gasteiger partial charge < -0.3 is 14.2 Å². The van der Waals surface area contributed by atoms with E-state index < -0.39 is 0 Å². The van der Waals surface area contributed by atoms with Crippen LogP contribution in [-0.4, -0.2) is 24.3 Å². The zero-order valence-electron chi connectivity index (χ0n) is 14.1. The van der Waals surface area contributed by atoms with Crippen LogP contribution in [0.4, 0.5) is 5.13 Å². The molecule has 0 aliphatic carbocycles. The van der Waals surface area contributed by atoms with E-state index in [9.17, 15) is 4.79 Å². The lowest BCUT2D eigenvalue weighted by molar-refractivity contribution is -0.118. The van der Waals surface area contributed by atoms with Crippen molar-refractivity contribution in [2.24, 2.45) is 0 Å². The van der Waals surface area contributed by atoms with Gasteiger partial charge in [0, 0.05) is 12.1 Å². The topological polar surface area (TPSA) is 69.7 Å². The van der Waals surface area contributed by atoms with Crippen molar-refractivity contribution in [3.63, 3.8) is 0 Å². The number of hydrogen-bond donors (Lipinski definition) is 1. The molecule has 0 unspecified atom stereocenters. The number of anilines is 1. The number of nitrogens with one attached hydrogen (secondary N) is 1. The summed E-state index contributed by atoms with van der Waals surface area (Å²) in [5.74, 6) is 1.76. The third-order valence-electron chi connectivity index (χ3n) is 4.22. The van der Waals surface area contributed by atoms with Gasteiger partial charge in [-0.3, -0.25) is 10.1 Å². The summed E-state index contributed by atoms with van der Waals surface area (Å²) in [5.41, 5.74) is 0.759. The Labute approximate surface area is 158 Å². The summed E-state index contributed by atoms with van der Waals surface area (Å²) in [6, 6.07) is 17.4. The van der Waals surface area contributed by atoms with E-state index in [0.717, 1.165) is 21.0 Å². The van der Waals surface area contributed by atoms with Gasteiger partial charge in [0.05, 0.1) is 10.2 Å². The number of thiazole rings is 1. The zero-order valence-corrected chi connectivity index (χ0v) is 14.9. The van der Waals surface area contributed by atoms with Crippen molar-refractivity contribution in [3.8, 4) is 17.2 Å². The molecule has 3 aromatic carbocycles. The highest BCUT2D eigenvalue weighted by molar-refractivity contribution is 7.22. The molecule has 2 heterocycles. The molecule has 0 radical (unpaired) electrons. The number of nitrogens with zero attached hydrogens (tertiary/aromatic N) is 1. The van der Waals surface area contributed by atoms with Gasteiger partial charge in [0.15, 0.2) is 23.2 Å². The molecule has 1 N–H and O–H groups in total. The minimum atomic E-state index is -0.262. The highest BCUT2D eigenvalue weighted by atomic mass is 32.1. The molecule has 0 spiro atoms. The first-order chi connectivity index (χ1) is 13.2. The van der Waals surface area contributed by atoms with Crippen LogP contribution in [0, 0.1) is 0 Å². The van der Waals surface area contributed by atoms with Gasteiger partial charge in [0.1, 0.15) is 5.75 Å². The molecule has 0 saturated heterocycles. The molecule has 6 nitrogen and oxygen atoms in total. The second-order valence-electron chi connectivity index (χ2n) is 6.04. The Balaban J connectivity index is 1.26. The first kappa shape index (κ1) is 15.9. The number of amides is 1. The van der Waals surface area contributed by atoms with E-state index in [1.807, 2.05) is 54.6 Å². The van der Waals surface area contributed by atoms with E-state index >= 15 is 0 Å². The van der Waals surface area contributed by atoms with Crippen molar-refractivity contribution >= 4 is 43.4 Å². The molecular weight excluding hydrogens is 364 g/mol. The van der Waals surface area contributed by atoms with Crippen LogP contribution in [0.5, 0.6) is 17.2 Å². The number of rotatable bonds is 4. The van der Waals surface area contributed by atoms with Gasteiger partial charge in [-0.05, 0) is 22.9 Å². The molecule has 0 fully saturated rings. The van der Waals surface area contributed by atoms with Crippen LogP contribution in [0.25, 0.3) is 21.0 Å². The van der Waals surface area contributed by atoms with Gasteiger partial charge in [0.25, 0.3) is 5.91 Å². The van der Waals surface area contributed by atoms with Crippen LogP contribution < -0.4 is 19.5 Å². The summed E-state index contributed by atoms with van der Waals surface area (Å²) in [7, 11) is 0. The normalized spacial score (nSPS) is 12.4. The molecule has 1 aliphatic rings. The quantitative estimate of drug-likeness (QED) is 0.576. The van der Waals surface area contributed by atoms with Crippen LogP contribution in [0.15, 0.2) is 54.6 Å². The van der Waals surface area contributed by atoms with E-state index in [1.54, 1.807) is 0 Å². The average molecular weight is 378 g/mol. The average Bonchev–Trinajstić information content (AvgIpc) is 3.29.